The van der Waals surface area contributed by atoms with Crippen LogP contribution in [0.2, 0.25) is 0 Å². The van der Waals surface area contributed by atoms with Gasteiger partial charge in [0.15, 0.2) is 0 Å². The molecule has 0 atom stereocenters. The molecular formula is C43H47Cl2Zr. The van der Waals surface area contributed by atoms with Crippen molar-refractivity contribution in [2.75, 3.05) is 0 Å². The van der Waals surface area contributed by atoms with E-state index in [0.717, 1.165) is 44.9 Å². The summed E-state index contributed by atoms with van der Waals surface area (Å²) in [6, 6.07) is 27.7. The van der Waals surface area contributed by atoms with Gasteiger partial charge in [0.2, 0.25) is 0 Å². The predicted octanol–water partition coefficient (Wildman–Crippen LogP) is 3.56. The van der Waals surface area contributed by atoms with Gasteiger partial charge in [-0.05, 0) is 0 Å². The molecule has 0 fully saturated rings. The van der Waals surface area contributed by atoms with E-state index < -0.39 is 22.8 Å². The van der Waals surface area contributed by atoms with Crippen LogP contribution in [0.25, 0.3) is 8.85 Å². The fourth-order valence-electron chi connectivity index (χ4n) is 8.36. The maximum absolute atomic E-state index is 2.61. The smallest absolute Gasteiger partial charge is 1.00 e. The fourth-order valence-corrected chi connectivity index (χ4v) is 12.2. The van der Waals surface area contributed by atoms with Crippen molar-refractivity contribution in [3.05, 3.63) is 152 Å². The molecule has 237 valence electrons. The molecular weight excluding hydrogens is 679 g/mol. The van der Waals surface area contributed by atoms with Gasteiger partial charge in [-0.15, -0.1) is 0 Å². The summed E-state index contributed by atoms with van der Waals surface area (Å²) >= 11 is -1.32. The van der Waals surface area contributed by atoms with Gasteiger partial charge < -0.3 is 24.8 Å². The van der Waals surface area contributed by atoms with Crippen molar-refractivity contribution in [1.29, 1.82) is 0 Å². The first-order valence-corrected chi connectivity index (χ1v) is 19.5. The van der Waals surface area contributed by atoms with Gasteiger partial charge in [0.25, 0.3) is 0 Å². The van der Waals surface area contributed by atoms with Crippen molar-refractivity contribution in [1.82, 2.24) is 0 Å². The Bertz CT molecular complexity index is 1820. The van der Waals surface area contributed by atoms with Gasteiger partial charge in [0, 0.05) is 0 Å². The zero-order chi connectivity index (χ0) is 30.8. The molecule has 0 N–H and O–H groups in total. The maximum atomic E-state index is 2.61. The Morgan fingerprint density at radius 1 is 0.717 bits per heavy atom. The summed E-state index contributed by atoms with van der Waals surface area (Å²) in [5.41, 5.74) is 15.7. The second-order valence-electron chi connectivity index (χ2n) is 12.4. The molecule has 0 saturated heterocycles. The van der Waals surface area contributed by atoms with E-state index in [1.165, 1.54) is 16.7 Å². The van der Waals surface area contributed by atoms with E-state index in [1.54, 1.807) is 55.9 Å². The Morgan fingerprint density at radius 2 is 1.35 bits per heavy atom. The van der Waals surface area contributed by atoms with Crippen molar-refractivity contribution < 1.29 is 47.6 Å². The van der Waals surface area contributed by atoms with Crippen LogP contribution in [0.15, 0.2) is 119 Å². The minimum Gasteiger partial charge on any atom is -1.00 e. The quantitative estimate of drug-likeness (QED) is 0.300. The molecule has 3 heteroatoms. The van der Waals surface area contributed by atoms with Crippen molar-refractivity contribution in [2.24, 2.45) is 5.41 Å². The van der Waals surface area contributed by atoms with E-state index in [2.05, 4.69) is 133 Å². The summed E-state index contributed by atoms with van der Waals surface area (Å²) in [6.45, 7) is 14.5. The van der Waals surface area contributed by atoms with E-state index >= 15 is 0 Å². The summed E-state index contributed by atoms with van der Waals surface area (Å²) in [7, 11) is 0. The zero-order valence-corrected chi connectivity index (χ0v) is 32.3. The number of hydrogen-bond donors (Lipinski definition) is 0. The molecule has 0 saturated carbocycles. The first-order valence-electron chi connectivity index (χ1n) is 17.1. The number of fused-ring (bicyclic) bond motifs is 2. The summed E-state index contributed by atoms with van der Waals surface area (Å²) in [5, 5.41) is 3.14. The molecule has 0 nitrogen and oxygen atoms in total. The third-order valence-electron chi connectivity index (χ3n) is 10.4. The molecule has 0 bridgehead atoms. The number of allylic oxidation sites excluding steroid dienone is 8. The summed E-state index contributed by atoms with van der Waals surface area (Å²) in [6.07, 6.45) is 14.9. The van der Waals surface area contributed by atoms with E-state index in [1.807, 2.05) is 0 Å². The molecule has 0 radical (unpaired) electrons. The summed E-state index contributed by atoms with van der Waals surface area (Å²) in [5.74, 6) is 0. The Balaban J connectivity index is 0.00000240. The number of halogens is 2. The molecule has 3 aromatic rings. The summed E-state index contributed by atoms with van der Waals surface area (Å²) in [4.78, 5) is 0. The van der Waals surface area contributed by atoms with E-state index in [0.29, 0.717) is 0 Å². The third kappa shape index (κ3) is 6.07. The van der Waals surface area contributed by atoms with Crippen molar-refractivity contribution in [3.63, 3.8) is 0 Å². The Hall–Kier alpha value is -2.31. The van der Waals surface area contributed by atoms with Gasteiger partial charge >= 0.3 is 278 Å². The van der Waals surface area contributed by atoms with Crippen LogP contribution in [-0.4, -0.2) is 3.21 Å². The molecule has 0 amide bonds. The molecule has 0 unspecified atom stereocenters. The Labute approximate surface area is 301 Å². The monoisotopic (exact) mass is 723 g/mol. The van der Waals surface area contributed by atoms with Gasteiger partial charge in [-0.3, -0.25) is 0 Å². The average Bonchev–Trinajstić information content (AvgIpc) is 3.73. The molecule has 3 aliphatic carbocycles. The van der Waals surface area contributed by atoms with Crippen LogP contribution in [0, 0.1) is 5.41 Å². The molecule has 0 heterocycles. The third-order valence-corrected chi connectivity index (χ3v) is 14.4. The SMILES string of the molecule is CCC1=C(CC)C(CC)(CC)C(C2=CC=CC2)=C2[C]([Zr+2]=[C](c3ccccc3)c3ccccc3)=c3cc(CC)cc(CC)c3=C12.[Cl-].[Cl-]. The Morgan fingerprint density at radius 3 is 1.83 bits per heavy atom. The molecule has 6 rings (SSSR count). The first kappa shape index (κ1) is 36.5. The van der Waals surface area contributed by atoms with Crippen LogP contribution in [0.3, 0.4) is 0 Å². The Kier molecular flexibility index (Phi) is 12.5. The van der Waals surface area contributed by atoms with E-state index in [4.69, 9.17) is 0 Å². The molecule has 0 spiro atoms. The largest absolute Gasteiger partial charge is 1.00 e. The average molecular weight is 726 g/mol. The van der Waals surface area contributed by atoms with Crippen molar-refractivity contribution in [3.8, 4) is 0 Å². The van der Waals surface area contributed by atoms with E-state index in [9.17, 15) is 0 Å². The van der Waals surface area contributed by atoms with Gasteiger partial charge in [0.1, 0.15) is 0 Å². The molecule has 0 aliphatic heterocycles. The number of benzene rings is 3. The van der Waals surface area contributed by atoms with Crippen LogP contribution in [0.4, 0.5) is 0 Å². The van der Waals surface area contributed by atoms with Crippen molar-refractivity contribution in [2.45, 2.75) is 86.5 Å². The predicted molar refractivity (Wildman–Crippen MR) is 187 cm³/mol. The molecule has 0 aromatic heterocycles. The molecule has 3 aromatic carbocycles. The van der Waals surface area contributed by atoms with Crippen LogP contribution in [0.1, 0.15) is 95.9 Å². The van der Waals surface area contributed by atoms with Crippen LogP contribution in [0.5, 0.6) is 0 Å². The topological polar surface area (TPSA) is 0 Å². The number of aryl methyl sites for hydroxylation is 2. The van der Waals surface area contributed by atoms with Gasteiger partial charge in [0.05, 0.1) is 0 Å². The standard InChI is InChI=1S/C30H37.C13H10.2ClH.Zr/c1-7-20-17-21(8-2)27-23(18-20)19-25-28(27)24(9-3)26(10-4)30(11-5,12-6)29(25)22-15-13-14-16-22;1-3-7-12(8-4-1)11-13-9-5-2-6-10-13;;;/h13-15,17-18H,7-12,16H2,1-6H3;1-10H;2*1H;/q;;;;+2/p-2. The van der Waals surface area contributed by atoms with Crippen molar-refractivity contribution >= 4 is 12.1 Å². The van der Waals surface area contributed by atoms with Gasteiger partial charge in [-0.2, -0.15) is 0 Å². The van der Waals surface area contributed by atoms with Crippen LogP contribution >= 0.6 is 0 Å². The first-order chi connectivity index (χ1) is 21.6. The maximum Gasteiger partial charge on any atom is -1.00 e. The number of rotatable bonds is 10. The van der Waals surface area contributed by atoms with Crippen LogP contribution < -0.4 is 35.3 Å². The zero-order valence-electron chi connectivity index (χ0n) is 28.4. The second-order valence-corrected chi connectivity index (χ2v) is 15.5. The minimum atomic E-state index is -1.32. The molecule has 46 heavy (non-hydrogen) atoms. The minimum absolute atomic E-state index is 0. The second kappa shape index (κ2) is 15.7. The van der Waals surface area contributed by atoms with Gasteiger partial charge in [-0.25, -0.2) is 0 Å². The van der Waals surface area contributed by atoms with E-state index in [-0.39, 0.29) is 30.2 Å². The number of hydrogen-bond acceptors (Lipinski definition) is 0. The summed E-state index contributed by atoms with van der Waals surface area (Å²) < 4.78 is 3.30. The van der Waals surface area contributed by atoms with Gasteiger partial charge in [-0.1, -0.05) is 0 Å². The fraction of sp³-hybridized carbons (Fsp3) is 0.326. The molecule has 3 aliphatic rings. The normalized spacial score (nSPS) is 16.0. The van der Waals surface area contributed by atoms with Crippen LogP contribution in [-0.2, 0) is 35.6 Å².